The standard InChI is InChI=1S/C18H25ClN2/c1-13-6-4-8-15-17(13)21(16(20-15)9-11-19)14-7-5-10-18(2,3)12-14/h4,6,8,14H,5,7,9-12H2,1-3H3. The fraction of sp³-hybridized carbons (Fsp3) is 0.611. The molecule has 0 amide bonds. The Bertz CT molecular complexity index is 642. The lowest BCUT2D eigenvalue weighted by atomic mass is 9.75. The minimum atomic E-state index is 0.431. The zero-order valence-corrected chi connectivity index (χ0v) is 14.1. The topological polar surface area (TPSA) is 17.8 Å². The molecule has 1 atom stereocenters. The van der Waals surface area contributed by atoms with Crippen molar-refractivity contribution in [1.29, 1.82) is 0 Å². The second-order valence-corrected chi connectivity index (χ2v) is 7.57. The van der Waals surface area contributed by atoms with Gasteiger partial charge in [0.2, 0.25) is 0 Å². The van der Waals surface area contributed by atoms with Crippen LogP contribution in [0.15, 0.2) is 18.2 Å². The molecule has 2 nitrogen and oxygen atoms in total. The van der Waals surface area contributed by atoms with Crippen LogP contribution in [0.2, 0.25) is 0 Å². The molecule has 1 heterocycles. The van der Waals surface area contributed by atoms with Gasteiger partial charge in [0, 0.05) is 18.3 Å². The smallest absolute Gasteiger partial charge is 0.111 e. The Labute approximate surface area is 132 Å². The molecule has 2 aromatic rings. The maximum atomic E-state index is 6.02. The van der Waals surface area contributed by atoms with Gasteiger partial charge in [0.25, 0.3) is 0 Å². The number of halogens is 1. The predicted molar refractivity (Wildman–Crippen MR) is 90.2 cm³/mol. The second-order valence-electron chi connectivity index (χ2n) is 7.19. The first kappa shape index (κ1) is 14.9. The molecule has 1 fully saturated rings. The van der Waals surface area contributed by atoms with Crippen molar-refractivity contribution in [3.05, 3.63) is 29.6 Å². The van der Waals surface area contributed by atoms with Crippen LogP contribution >= 0.6 is 11.6 Å². The van der Waals surface area contributed by atoms with Crippen molar-refractivity contribution in [2.24, 2.45) is 5.41 Å². The van der Waals surface area contributed by atoms with Crippen molar-refractivity contribution in [1.82, 2.24) is 9.55 Å². The second kappa shape index (κ2) is 5.64. The SMILES string of the molecule is Cc1cccc2nc(CCCl)n(C3CCCC(C)(C)C3)c12. The van der Waals surface area contributed by atoms with Crippen molar-refractivity contribution in [3.63, 3.8) is 0 Å². The van der Waals surface area contributed by atoms with Crippen molar-refractivity contribution in [2.75, 3.05) is 5.88 Å². The number of aryl methyl sites for hydroxylation is 2. The van der Waals surface area contributed by atoms with E-state index in [-0.39, 0.29) is 0 Å². The van der Waals surface area contributed by atoms with Gasteiger partial charge in [0.15, 0.2) is 0 Å². The molecule has 0 aliphatic heterocycles. The van der Waals surface area contributed by atoms with Gasteiger partial charge in [-0.2, -0.15) is 0 Å². The highest BCUT2D eigenvalue weighted by Gasteiger charge is 2.31. The summed E-state index contributed by atoms with van der Waals surface area (Å²) in [6, 6.07) is 6.99. The van der Waals surface area contributed by atoms with E-state index < -0.39 is 0 Å². The molecule has 1 saturated carbocycles. The number of benzene rings is 1. The maximum Gasteiger partial charge on any atom is 0.111 e. The molecule has 0 spiro atoms. The molecule has 1 aliphatic carbocycles. The highest BCUT2D eigenvalue weighted by molar-refractivity contribution is 6.17. The Balaban J connectivity index is 2.12. The zero-order chi connectivity index (χ0) is 15.0. The Morgan fingerprint density at radius 2 is 2.19 bits per heavy atom. The molecule has 0 N–H and O–H groups in total. The first-order valence-electron chi connectivity index (χ1n) is 8.04. The van der Waals surface area contributed by atoms with Crippen LogP contribution in [0.1, 0.15) is 57.0 Å². The van der Waals surface area contributed by atoms with Crippen molar-refractivity contribution >= 4 is 22.6 Å². The van der Waals surface area contributed by atoms with E-state index in [2.05, 4.69) is 43.5 Å². The van der Waals surface area contributed by atoms with Gasteiger partial charge in [-0.15, -0.1) is 11.6 Å². The summed E-state index contributed by atoms with van der Waals surface area (Å²) < 4.78 is 2.51. The maximum absolute atomic E-state index is 6.02. The number of alkyl halides is 1. The highest BCUT2D eigenvalue weighted by atomic mass is 35.5. The van der Waals surface area contributed by atoms with Crippen LogP contribution in [0, 0.1) is 12.3 Å². The lowest BCUT2D eigenvalue weighted by molar-refractivity contribution is 0.183. The van der Waals surface area contributed by atoms with Crippen LogP contribution in [0.3, 0.4) is 0 Å². The summed E-state index contributed by atoms with van der Waals surface area (Å²) in [7, 11) is 0. The zero-order valence-electron chi connectivity index (χ0n) is 13.3. The molecular weight excluding hydrogens is 280 g/mol. The van der Waals surface area contributed by atoms with Gasteiger partial charge in [-0.05, 0) is 43.2 Å². The normalized spacial score (nSPS) is 21.8. The summed E-state index contributed by atoms with van der Waals surface area (Å²) in [6.45, 7) is 6.98. The Hall–Kier alpha value is -1.02. The number of fused-ring (bicyclic) bond motifs is 1. The van der Waals surface area contributed by atoms with E-state index in [1.165, 1.54) is 36.8 Å². The lowest BCUT2D eigenvalue weighted by Crippen LogP contribution is -2.26. The number of imidazole rings is 1. The van der Waals surface area contributed by atoms with Crippen LogP contribution in [0.5, 0.6) is 0 Å². The number of hydrogen-bond donors (Lipinski definition) is 0. The van der Waals surface area contributed by atoms with Crippen LogP contribution < -0.4 is 0 Å². The van der Waals surface area contributed by atoms with Crippen LogP contribution in [-0.2, 0) is 6.42 Å². The van der Waals surface area contributed by atoms with Crippen LogP contribution in [-0.4, -0.2) is 15.4 Å². The predicted octanol–water partition coefficient (Wildman–Crippen LogP) is 5.27. The van der Waals surface area contributed by atoms with Gasteiger partial charge in [0.05, 0.1) is 11.0 Å². The van der Waals surface area contributed by atoms with E-state index in [0.29, 0.717) is 17.3 Å². The van der Waals surface area contributed by atoms with Gasteiger partial charge in [-0.1, -0.05) is 32.4 Å². The van der Waals surface area contributed by atoms with E-state index >= 15 is 0 Å². The summed E-state index contributed by atoms with van der Waals surface area (Å²) in [5.41, 5.74) is 4.20. The summed E-state index contributed by atoms with van der Waals surface area (Å²) in [6.07, 6.45) is 6.00. The van der Waals surface area contributed by atoms with Gasteiger partial charge in [-0.3, -0.25) is 0 Å². The lowest BCUT2D eigenvalue weighted by Gasteiger charge is -2.37. The molecule has 114 valence electrons. The summed E-state index contributed by atoms with van der Waals surface area (Å²) in [5, 5.41) is 0. The molecular formula is C18H25ClN2. The van der Waals surface area contributed by atoms with Gasteiger partial charge >= 0.3 is 0 Å². The minimum absolute atomic E-state index is 0.431. The van der Waals surface area contributed by atoms with Gasteiger partial charge in [-0.25, -0.2) is 4.98 Å². The summed E-state index contributed by atoms with van der Waals surface area (Å²) in [4.78, 5) is 4.86. The molecule has 3 heteroatoms. The number of aromatic nitrogens is 2. The molecule has 1 unspecified atom stereocenters. The van der Waals surface area contributed by atoms with E-state index in [1.807, 2.05) is 0 Å². The summed E-state index contributed by atoms with van der Waals surface area (Å²) in [5.74, 6) is 1.80. The molecule has 3 rings (SSSR count). The van der Waals surface area contributed by atoms with Gasteiger partial charge in [0.1, 0.15) is 5.82 Å². The van der Waals surface area contributed by atoms with Gasteiger partial charge < -0.3 is 4.57 Å². The highest BCUT2D eigenvalue weighted by Crippen LogP contribution is 2.42. The Morgan fingerprint density at radius 3 is 2.90 bits per heavy atom. The minimum Gasteiger partial charge on any atom is -0.325 e. The third-order valence-corrected chi connectivity index (χ3v) is 5.04. The first-order valence-corrected chi connectivity index (χ1v) is 8.58. The summed E-state index contributed by atoms with van der Waals surface area (Å²) >= 11 is 6.02. The Morgan fingerprint density at radius 1 is 1.38 bits per heavy atom. The molecule has 1 aromatic carbocycles. The Kier molecular flexibility index (Phi) is 4.00. The van der Waals surface area contributed by atoms with E-state index in [1.54, 1.807) is 0 Å². The van der Waals surface area contributed by atoms with Crippen molar-refractivity contribution in [2.45, 2.75) is 58.9 Å². The number of hydrogen-bond acceptors (Lipinski definition) is 1. The van der Waals surface area contributed by atoms with E-state index in [0.717, 1.165) is 17.8 Å². The molecule has 21 heavy (non-hydrogen) atoms. The number of rotatable bonds is 3. The quantitative estimate of drug-likeness (QED) is 0.707. The molecule has 1 aromatic heterocycles. The third kappa shape index (κ3) is 2.83. The molecule has 1 aliphatic rings. The van der Waals surface area contributed by atoms with Crippen LogP contribution in [0.25, 0.3) is 11.0 Å². The van der Waals surface area contributed by atoms with Crippen molar-refractivity contribution < 1.29 is 0 Å². The van der Waals surface area contributed by atoms with Crippen LogP contribution in [0.4, 0.5) is 0 Å². The van der Waals surface area contributed by atoms with Crippen molar-refractivity contribution in [3.8, 4) is 0 Å². The largest absolute Gasteiger partial charge is 0.325 e. The average molecular weight is 305 g/mol. The monoisotopic (exact) mass is 304 g/mol. The fourth-order valence-corrected chi connectivity index (χ4v) is 4.07. The van der Waals surface area contributed by atoms with E-state index in [4.69, 9.17) is 16.6 Å². The molecule has 0 bridgehead atoms. The molecule has 0 saturated heterocycles. The third-order valence-electron chi connectivity index (χ3n) is 4.85. The molecule has 0 radical (unpaired) electrons. The fourth-order valence-electron chi connectivity index (χ4n) is 3.90. The first-order chi connectivity index (χ1) is 10.0. The number of para-hydroxylation sites is 1. The number of nitrogens with zero attached hydrogens (tertiary/aromatic N) is 2. The average Bonchev–Trinajstić information content (AvgIpc) is 2.77. The van der Waals surface area contributed by atoms with E-state index in [9.17, 15) is 0 Å².